The first-order valence-corrected chi connectivity index (χ1v) is 5.90. The Hall–Kier alpha value is -0.0800. The number of likely N-dealkylation sites (tertiary alicyclic amines) is 1. The Labute approximate surface area is 80.7 Å². The predicted octanol–water partition coefficient (Wildman–Crippen LogP) is 1.08. The van der Waals surface area contributed by atoms with E-state index in [-0.39, 0.29) is 0 Å². The van der Waals surface area contributed by atoms with Gasteiger partial charge in [0.25, 0.3) is 0 Å². The van der Waals surface area contributed by atoms with Crippen molar-refractivity contribution >= 4 is 0 Å². The molecule has 3 fully saturated rings. The molecule has 2 heteroatoms. The summed E-state index contributed by atoms with van der Waals surface area (Å²) in [6.07, 6.45) is 5.86. The maximum absolute atomic E-state index is 3.55. The Kier molecular flexibility index (Phi) is 2.06. The van der Waals surface area contributed by atoms with E-state index in [0.717, 1.165) is 17.9 Å². The molecule has 3 rings (SSSR count). The zero-order chi connectivity index (χ0) is 8.67. The van der Waals surface area contributed by atoms with Crippen LogP contribution in [0.2, 0.25) is 0 Å². The van der Waals surface area contributed by atoms with Crippen LogP contribution in [0.4, 0.5) is 0 Å². The van der Waals surface area contributed by atoms with E-state index >= 15 is 0 Å². The highest BCUT2D eigenvalue weighted by molar-refractivity contribution is 4.97. The number of nitrogens with zero attached hydrogens (tertiary/aromatic N) is 1. The fraction of sp³-hybridized carbons (Fsp3) is 1.00. The van der Waals surface area contributed by atoms with Crippen LogP contribution in [0.25, 0.3) is 0 Å². The van der Waals surface area contributed by atoms with Gasteiger partial charge < -0.3 is 10.2 Å². The lowest BCUT2D eigenvalue weighted by molar-refractivity contribution is 0.196. The molecule has 0 aromatic rings. The molecule has 0 bridgehead atoms. The van der Waals surface area contributed by atoms with Gasteiger partial charge in [-0.25, -0.2) is 0 Å². The van der Waals surface area contributed by atoms with Gasteiger partial charge in [0.15, 0.2) is 0 Å². The van der Waals surface area contributed by atoms with Crippen LogP contribution >= 0.6 is 0 Å². The Bertz CT molecular complexity index is 187. The number of fused-ring (bicyclic) bond motifs is 1. The molecular formula is C11H20N2. The standard InChI is InChI=1S/C11H20N2/c1-2-6-13(5-1)11-4-3-9-7-12-8-10(9)11/h9-12H,1-8H2/t9-,10+,11+/m0/s1. The highest BCUT2D eigenvalue weighted by Crippen LogP contribution is 2.38. The minimum absolute atomic E-state index is 0.947. The molecule has 1 saturated carbocycles. The third-order valence-electron chi connectivity index (χ3n) is 4.33. The van der Waals surface area contributed by atoms with Crippen molar-refractivity contribution in [2.75, 3.05) is 26.2 Å². The number of hydrogen-bond acceptors (Lipinski definition) is 2. The van der Waals surface area contributed by atoms with Gasteiger partial charge in [-0.3, -0.25) is 0 Å². The van der Waals surface area contributed by atoms with Crippen LogP contribution in [0.15, 0.2) is 0 Å². The van der Waals surface area contributed by atoms with E-state index in [9.17, 15) is 0 Å². The van der Waals surface area contributed by atoms with E-state index < -0.39 is 0 Å². The van der Waals surface area contributed by atoms with E-state index in [1.54, 1.807) is 0 Å². The molecule has 0 aromatic heterocycles. The zero-order valence-electron chi connectivity index (χ0n) is 8.34. The second-order valence-corrected chi connectivity index (χ2v) is 4.97. The first-order valence-electron chi connectivity index (χ1n) is 5.90. The molecule has 1 N–H and O–H groups in total. The van der Waals surface area contributed by atoms with Crippen molar-refractivity contribution in [1.29, 1.82) is 0 Å². The molecule has 0 radical (unpaired) electrons. The van der Waals surface area contributed by atoms with Crippen molar-refractivity contribution in [2.24, 2.45) is 11.8 Å². The van der Waals surface area contributed by atoms with Gasteiger partial charge in [-0.1, -0.05) is 0 Å². The predicted molar refractivity (Wildman–Crippen MR) is 53.7 cm³/mol. The second-order valence-electron chi connectivity index (χ2n) is 4.97. The topological polar surface area (TPSA) is 15.3 Å². The fourth-order valence-electron chi connectivity index (χ4n) is 3.65. The Balaban J connectivity index is 1.70. The molecule has 0 unspecified atom stereocenters. The van der Waals surface area contributed by atoms with Crippen LogP contribution in [0.3, 0.4) is 0 Å². The van der Waals surface area contributed by atoms with Gasteiger partial charge in [0, 0.05) is 6.04 Å². The average molecular weight is 180 g/mol. The van der Waals surface area contributed by atoms with Crippen molar-refractivity contribution < 1.29 is 0 Å². The number of rotatable bonds is 1. The summed E-state index contributed by atoms with van der Waals surface area (Å²) in [5.74, 6) is 2.02. The third-order valence-corrected chi connectivity index (χ3v) is 4.33. The average Bonchev–Trinajstić information content (AvgIpc) is 2.79. The molecule has 1 aliphatic carbocycles. The molecule has 0 aromatic carbocycles. The smallest absolute Gasteiger partial charge is 0.0139 e. The summed E-state index contributed by atoms with van der Waals surface area (Å²) in [6.45, 7) is 5.36. The molecular weight excluding hydrogens is 160 g/mol. The van der Waals surface area contributed by atoms with Crippen LogP contribution in [0.1, 0.15) is 25.7 Å². The zero-order valence-corrected chi connectivity index (χ0v) is 8.34. The summed E-state index contributed by atoms with van der Waals surface area (Å²) in [5, 5.41) is 3.55. The lowest BCUT2D eigenvalue weighted by atomic mass is 9.97. The highest BCUT2D eigenvalue weighted by atomic mass is 15.2. The highest BCUT2D eigenvalue weighted by Gasteiger charge is 2.42. The fourth-order valence-corrected chi connectivity index (χ4v) is 3.65. The van der Waals surface area contributed by atoms with E-state index in [1.165, 1.54) is 51.9 Å². The SMILES string of the molecule is C1CCN([C@@H]2CC[C@H]3CNC[C@H]32)C1. The van der Waals surface area contributed by atoms with Crippen LogP contribution < -0.4 is 5.32 Å². The maximum Gasteiger partial charge on any atom is 0.0139 e. The van der Waals surface area contributed by atoms with Crippen LogP contribution in [-0.2, 0) is 0 Å². The lowest BCUT2D eigenvalue weighted by Gasteiger charge is -2.28. The molecule has 0 amide bonds. The largest absolute Gasteiger partial charge is 0.316 e. The molecule has 3 atom stereocenters. The van der Waals surface area contributed by atoms with E-state index in [2.05, 4.69) is 10.2 Å². The second kappa shape index (κ2) is 3.25. The quantitative estimate of drug-likeness (QED) is 0.649. The van der Waals surface area contributed by atoms with E-state index in [0.29, 0.717) is 0 Å². The summed E-state index contributed by atoms with van der Waals surface area (Å²) >= 11 is 0. The third kappa shape index (κ3) is 1.31. The van der Waals surface area contributed by atoms with Crippen molar-refractivity contribution in [2.45, 2.75) is 31.7 Å². The summed E-state index contributed by atoms with van der Waals surface area (Å²) in [5.41, 5.74) is 0. The van der Waals surface area contributed by atoms with E-state index in [1.807, 2.05) is 0 Å². The van der Waals surface area contributed by atoms with Gasteiger partial charge in [-0.05, 0) is 63.7 Å². The Morgan fingerprint density at radius 1 is 1.00 bits per heavy atom. The van der Waals surface area contributed by atoms with Crippen molar-refractivity contribution in [3.05, 3.63) is 0 Å². The van der Waals surface area contributed by atoms with Gasteiger partial charge in [0.05, 0.1) is 0 Å². The number of hydrogen-bond donors (Lipinski definition) is 1. The van der Waals surface area contributed by atoms with Crippen molar-refractivity contribution in [3.63, 3.8) is 0 Å². The molecule has 2 saturated heterocycles. The van der Waals surface area contributed by atoms with Crippen molar-refractivity contribution in [3.8, 4) is 0 Å². The van der Waals surface area contributed by atoms with Gasteiger partial charge >= 0.3 is 0 Å². The Morgan fingerprint density at radius 2 is 1.85 bits per heavy atom. The van der Waals surface area contributed by atoms with Gasteiger partial charge in [-0.2, -0.15) is 0 Å². The number of nitrogens with one attached hydrogen (secondary N) is 1. The van der Waals surface area contributed by atoms with Gasteiger partial charge in [0.2, 0.25) is 0 Å². The minimum atomic E-state index is 0.947. The molecule has 74 valence electrons. The first-order chi connectivity index (χ1) is 6.45. The minimum Gasteiger partial charge on any atom is -0.316 e. The van der Waals surface area contributed by atoms with Crippen molar-refractivity contribution in [1.82, 2.24) is 10.2 Å². The van der Waals surface area contributed by atoms with Crippen LogP contribution in [0, 0.1) is 11.8 Å². The lowest BCUT2D eigenvalue weighted by Crippen LogP contribution is -2.37. The normalized spacial score (nSPS) is 45.7. The first kappa shape index (κ1) is 8.25. The van der Waals surface area contributed by atoms with Gasteiger partial charge in [0.1, 0.15) is 0 Å². The molecule has 2 heterocycles. The summed E-state index contributed by atoms with van der Waals surface area (Å²) in [6, 6.07) is 0.947. The maximum atomic E-state index is 3.55. The monoisotopic (exact) mass is 180 g/mol. The van der Waals surface area contributed by atoms with Crippen LogP contribution in [0.5, 0.6) is 0 Å². The molecule has 13 heavy (non-hydrogen) atoms. The summed E-state index contributed by atoms with van der Waals surface area (Å²) in [7, 11) is 0. The Morgan fingerprint density at radius 3 is 2.69 bits per heavy atom. The summed E-state index contributed by atoms with van der Waals surface area (Å²) < 4.78 is 0. The van der Waals surface area contributed by atoms with Gasteiger partial charge in [-0.15, -0.1) is 0 Å². The molecule has 2 nitrogen and oxygen atoms in total. The van der Waals surface area contributed by atoms with E-state index in [4.69, 9.17) is 0 Å². The molecule has 2 aliphatic heterocycles. The van der Waals surface area contributed by atoms with Crippen LogP contribution in [-0.4, -0.2) is 37.1 Å². The summed E-state index contributed by atoms with van der Waals surface area (Å²) in [4.78, 5) is 2.76. The molecule has 0 spiro atoms. The molecule has 3 aliphatic rings.